The Morgan fingerprint density at radius 2 is 1.81 bits per heavy atom. The molecule has 220 valence electrons. The number of rotatable bonds is 9. The van der Waals surface area contributed by atoms with Gasteiger partial charge in [-0.15, -0.1) is 0 Å². The number of likely N-dealkylation sites (tertiary alicyclic amines) is 1. The highest BCUT2D eigenvalue weighted by Crippen LogP contribution is 2.35. The number of nitrogens with zero attached hydrogens (tertiary/aromatic N) is 1. The minimum Gasteiger partial charge on any atom is -0.358 e. The molecule has 4 N–H and O–H groups in total. The molecule has 0 spiro atoms. The number of anilines is 1. The lowest BCUT2D eigenvalue weighted by molar-refractivity contribution is -0.110. The summed E-state index contributed by atoms with van der Waals surface area (Å²) >= 11 is 0. The minimum atomic E-state index is -0.977. The van der Waals surface area contributed by atoms with Crippen LogP contribution in [0, 0.1) is 25.5 Å². The number of nitrogens with one attached hydrogen (secondary N) is 4. The zero-order valence-corrected chi connectivity index (χ0v) is 24.0. The van der Waals surface area contributed by atoms with Gasteiger partial charge in [-0.05, 0) is 93.7 Å². The summed E-state index contributed by atoms with van der Waals surface area (Å²) in [5.74, 6) is -2.82. The van der Waals surface area contributed by atoms with E-state index >= 15 is 0 Å². The number of hydrogen-bond acceptors (Lipinski definition) is 4. The Kier molecular flexibility index (Phi) is 8.54. The number of hydrogen-bond donors (Lipinski definition) is 4. The van der Waals surface area contributed by atoms with Crippen molar-refractivity contribution in [3.63, 3.8) is 0 Å². The second-order valence-electron chi connectivity index (χ2n) is 10.8. The molecule has 2 aromatic carbocycles. The maximum atomic E-state index is 13.8. The summed E-state index contributed by atoms with van der Waals surface area (Å²) in [6, 6.07) is 7.93. The third kappa shape index (κ3) is 5.99. The number of aromatic amines is 1. The predicted molar refractivity (Wildman–Crippen MR) is 158 cm³/mol. The Bertz CT molecular complexity index is 1570. The summed E-state index contributed by atoms with van der Waals surface area (Å²) < 4.78 is 27.2. The average molecular weight is 576 g/mol. The van der Waals surface area contributed by atoms with Crippen molar-refractivity contribution in [2.45, 2.75) is 46.1 Å². The standard InChI is InChI=1S/C32H35F2N5O3/c1-4-26(20-7-9-24(33)25(34)16-20)37-30(40)21-8-10-27-22(15-21)23(31(41)38-27)17-28-18(2)29(19(3)36-28)32(42)35-11-14-39-12-5-6-13-39/h7-10,15-17,26,36H,4-6,11-14H2,1-3H3,(H,35,42)(H,37,40)(H,38,41). The monoisotopic (exact) mass is 575 g/mol. The molecular formula is C32H35F2N5O3. The van der Waals surface area contributed by atoms with E-state index in [1.165, 1.54) is 18.9 Å². The molecule has 3 aromatic rings. The molecule has 0 aliphatic carbocycles. The normalized spacial score (nSPS) is 16.4. The third-order valence-electron chi connectivity index (χ3n) is 8.03. The van der Waals surface area contributed by atoms with E-state index in [2.05, 4.69) is 25.8 Å². The molecule has 0 radical (unpaired) electrons. The quantitative estimate of drug-likeness (QED) is 0.266. The fourth-order valence-corrected chi connectivity index (χ4v) is 5.69. The molecule has 3 heterocycles. The third-order valence-corrected chi connectivity index (χ3v) is 8.03. The molecule has 1 fully saturated rings. The number of fused-ring (bicyclic) bond motifs is 1. The second kappa shape index (κ2) is 12.3. The lowest BCUT2D eigenvalue weighted by Crippen LogP contribution is -2.33. The molecule has 1 atom stereocenters. The largest absolute Gasteiger partial charge is 0.358 e. The fourth-order valence-electron chi connectivity index (χ4n) is 5.69. The Balaban J connectivity index is 1.35. The van der Waals surface area contributed by atoms with Crippen molar-refractivity contribution >= 4 is 35.1 Å². The van der Waals surface area contributed by atoms with Crippen LogP contribution in [0.25, 0.3) is 11.6 Å². The summed E-state index contributed by atoms with van der Waals surface area (Å²) in [5, 5.41) is 8.71. The van der Waals surface area contributed by atoms with Crippen LogP contribution in [0.5, 0.6) is 0 Å². The topological polar surface area (TPSA) is 106 Å². The Hall–Kier alpha value is -4.31. The molecule has 1 aromatic heterocycles. The van der Waals surface area contributed by atoms with Gasteiger partial charge in [0.05, 0.1) is 17.2 Å². The van der Waals surface area contributed by atoms with Crippen molar-refractivity contribution in [2.24, 2.45) is 0 Å². The van der Waals surface area contributed by atoms with E-state index < -0.39 is 23.6 Å². The Labute approximate surface area is 243 Å². The number of carbonyl (C=O) groups is 3. The van der Waals surface area contributed by atoms with E-state index in [4.69, 9.17) is 0 Å². The van der Waals surface area contributed by atoms with Crippen molar-refractivity contribution < 1.29 is 23.2 Å². The maximum Gasteiger partial charge on any atom is 0.256 e. The number of amides is 3. The Morgan fingerprint density at radius 1 is 1.05 bits per heavy atom. The molecule has 0 bridgehead atoms. The SMILES string of the molecule is CCC(NC(=O)c1ccc2c(c1)C(=Cc1[nH]c(C)c(C(=O)NCCN3CCCC3)c1C)C(=O)N2)c1ccc(F)c(F)c1. The average Bonchev–Trinajstić information content (AvgIpc) is 3.66. The van der Waals surface area contributed by atoms with E-state index in [-0.39, 0.29) is 11.8 Å². The van der Waals surface area contributed by atoms with Crippen LogP contribution in [-0.2, 0) is 4.79 Å². The highest BCUT2D eigenvalue weighted by molar-refractivity contribution is 6.35. The first-order valence-corrected chi connectivity index (χ1v) is 14.3. The van der Waals surface area contributed by atoms with Crippen molar-refractivity contribution in [1.82, 2.24) is 20.5 Å². The van der Waals surface area contributed by atoms with Crippen LogP contribution in [0.3, 0.4) is 0 Å². The number of halogens is 2. The molecular weight excluding hydrogens is 540 g/mol. The number of benzene rings is 2. The van der Waals surface area contributed by atoms with Crippen LogP contribution in [0.1, 0.15) is 81.0 Å². The molecule has 1 unspecified atom stereocenters. The number of H-pyrrole nitrogens is 1. The van der Waals surface area contributed by atoms with E-state index in [9.17, 15) is 23.2 Å². The van der Waals surface area contributed by atoms with Gasteiger partial charge in [-0.25, -0.2) is 8.78 Å². The van der Waals surface area contributed by atoms with Gasteiger partial charge in [0.15, 0.2) is 11.6 Å². The first-order chi connectivity index (χ1) is 20.2. The summed E-state index contributed by atoms with van der Waals surface area (Å²) in [6.07, 6.45) is 4.55. The van der Waals surface area contributed by atoms with Crippen LogP contribution >= 0.6 is 0 Å². The van der Waals surface area contributed by atoms with Gasteiger partial charge in [-0.3, -0.25) is 14.4 Å². The van der Waals surface area contributed by atoms with Gasteiger partial charge >= 0.3 is 0 Å². The van der Waals surface area contributed by atoms with Gasteiger partial charge < -0.3 is 25.8 Å². The second-order valence-corrected chi connectivity index (χ2v) is 10.8. The molecule has 5 rings (SSSR count). The van der Waals surface area contributed by atoms with Crippen molar-refractivity contribution in [1.29, 1.82) is 0 Å². The zero-order valence-electron chi connectivity index (χ0n) is 24.0. The van der Waals surface area contributed by atoms with E-state index in [1.807, 2.05) is 20.8 Å². The number of carbonyl (C=O) groups excluding carboxylic acids is 3. The van der Waals surface area contributed by atoms with Crippen LogP contribution in [0.4, 0.5) is 14.5 Å². The predicted octanol–water partition coefficient (Wildman–Crippen LogP) is 5.11. The fraction of sp³-hybridized carbons (Fsp3) is 0.344. The highest BCUT2D eigenvalue weighted by Gasteiger charge is 2.27. The molecule has 42 heavy (non-hydrogen) atoms. The lowest BCUT2D eigenvalue weighted by atomic mass is 10.0. The molecule has 8 nitrogen and oxygen atoms in total. The van der Waals surface area contributed by atoms with Crippen LogP contribution in [-0.4, -0.2) is 53.8 Å². The first-order valence-electron chi connectivity index (χ1n) is 14.3. The highest BCUT2D eigenvalue weighted by atomic mass is 19.2. The van der Waals surface area contributed by atoms with Crippen LogP contribution in [0.2, 0.25) is 0 Å². The van der Waals surface area contributed by atoms with Gasteiger partial charge in [-0.1, -0.05) is 13.0 Å². The summed E-state index contributed by atoms with van der Waals surface area (Å²) in [5.41, 5.74) is 4.86. The maximum absolute atomic E-state index is 13.8. The van der Waals surface area contributed by atoms with Crippen LogP contribution < -0.4 is 16.0 Å². The Morgan fingerprint density at radius 3 is 2.52 bits per heavy atom. The van der Waals surface area contributed by atoms with Crippen molar-refractivity contribution in [3.05, 3.63) is 87.2 Å². The minimum absolute atomic E-state index is 0.160. The lowest BCUT2D eigenvalue weighted by Gasteiger charge is -2.18. The molecule has 1 saturated heterocycles. The van der Waals surface area contributed by atoms with Crippen LogP contribution in [0.15, 0.2) is 36.4 Å². The zero-order chi connectivity index (χ0) is 30.0. The van der Waals surface area contributed by atoms with Crippen molar-refractivity contribution in [2.75, 3.05) is 31.5 Å². The smallest absolute Gasteiger partial charge is 0.256 e. The van der Waals surface area contributed by atoms with E-state index in [0.29, 0.717) is 57.9 Å². The number of aromatic nitrogens is 1. The number of aryl methyl sites for hydroxylation is 1. The molecule has 10 heteroatoms. The summed E-state index contributed by atoms with van der Waals surface area (Å²) in [4.78, 5) is 44.7. The van der Waals surface area contributed by atoms with E-state index in [0.717, 1.165) is 37.3 Å². The van der Waals surface area contributed by atoms with Crippen molar-refractivity contribution in [3.8, 4) is 0 Å². The summed E-state index contributed by atoms with van der Waals surface area (Å²) in [6.45, 7) is 9.01. The molecule has 0 saturated carbocycles. The first kappa shape index (κ1) is 29.2. The van der Waals surface area contributed by atoms with Gasteiger partial charge in [-0.2, -0.15) is 0 Å². The van der Waals surface area contributed by atoms with Gasteiger partial charge in [0.2, 0.25) is 0 Å². The van der Waals surface area contributed by atoms with E-state index in [1.54, 1.807) is 24.3 Å². The van der Waals surface area contributed by atoms with Gasteiger partial charge in [0.1, 0.15) is 0 Å². The molecule has 2 aliphatic heterocycles. The van der Waals surface area contributed by atoms with Gasteiger partial charge in [0, 0.05) is 41.3 Å². The molecule has 3 amide bonds. The summed E-state index contributed by atoms with van der Waals surface area (Å²) in [7, 11) is 0. The van der Waals surface area contributed by atoms with Gasteiger partial charge in [0.25, 0.3) is 17.7 Å². The molecule has 2 aliphatic rings.